The monoisotopic (exact) mass is 348 g/mol. The first-order chi connectivity index (χ1) is 12.0. The Hall–Kier alpha value is -1.73. The highest BCUT2D eigenvalue weighted by Gasteiger charge is 2.26. The Labute approximate surface area is 149 Å². The van der Waals surface area contributed by atoms with Crippen LogP contribution in [0.2, 0.25) is 0 Å². The lowest BCUT2D eigenvalue weighted by molar-refractivity contribution is -0.384. The number of rotatable bonds is 5. The minimum atomic E-state index is -0.338. The van der Waals surface area contributed by atoms with Crippen molar-refractivity contribution in [2.24, 2.45) is 5.92 Å². The van der Waals surface area contributed by atoms with Gasteiger partial charge in [0.1, 0.15) is 11.9 Å². The highest BCUT2D eigenvalue weighted by atomic mass is 16.6. The maximum absolute atomic E-state index is 11.2. The van der Waals surface area contributed by atoms with Crippen molar-refractivity contribution < 1.29 is 9.66 Å². The van der Waals surface area contributed by atoms with Gasteiger partial charge in [-0.05, 0) is 51.6 Å². The lowest BCUT2D eigenvalue weighted by Crippen LogP contribution is -2.46. The maximum atomic E-state index is 11.2. The van der Waals surface area contributed by atoms with Crippen LogP contribution in [-0.4, -0.2) is 59.7 Å². The number of pyridine rings is 1. The summed E-state index contributed by atoms with van der Waals surface area (Å²) in [5, 5.41) is 11.2. The van der Waals surface area contributed by atoms with Crippen LogP contribution >= 0.6 is 0 Å². The predicted octanol–water partition coefficient (Wildman–Crippen LogP) is 2.71. The normalized spacial score (nSPS) is 25.9. The second kappa shape index (κ2) is 8.10. The van der Waals surface area contributed by atoms with Crippen molar-refractivity contribution in [3.05, 3.63) is 28.6 Å². The van der Waals surface area contributed by atoms with Crippen LogP contribution in [0.5, 0.6) is 0 Å². The van der Waals surface area contributed by atoms with Gasteiger partial charge in [0.25, 0.3) is 0 Å². The first kappa shape index (κ1) is 18.1. The van der Waals surface area contributed by atoms with Crippen LogP contribution in [0.1, 0.15) is 33.1 Å². The van der Waals surface area contributed by atoms with E-state index in [1.807, 2.05) is 0 Å². The summed E-state index contributed by atoms with van der Waals surface area (Å²) in [6, 6.07) is 1.76. The lowest BCUT2D eigenvalue weighted by atomic mass is 9.93. The largest absolute Gasteiger partial charge is 0.373 e. The van der Waals surface area contributed by atoms with Crippen LogP contribution in [0, 0.1) is 16.0 Å². The molecule has 3 rings (SSSR count). The molecule has 7 nitrogen and oxygen atoms in total. The van der Waals surface area contributed by atoms with Gasteiger partial charge in [-0.25, -0.2) is 0 Å². The molecule has 0 spiro atoms. The summed E-state index contributed by atoms with van der Waals surface area (Å²) in [6.45, 7) is 9.21. The van der Waals surface area contributed by atoms with E-state index < -0.39 is 0 Å². The molecule has 138 valence electrons. The topological polar surface area (TPSA) is 71.7 Å². The highest BCUT2D eigenvalue weighted by Crippen LogP contribution is 2.31. The van der Waals surface area contributed by atoms with Gasteiger partial charge in [-0.15, -0.1) is 0 Å². The van der Waals surface area contributed by atoms with Gasteiger partial charge in [-0.3, -0.25) is 20.0 Å². The zero-order chi connectivity index (χ0) is 17.8. The number of nitro groups is 1. The number of aromatic nitrogens is 1. The van der Waals surface area contributed by atoms with Gasteiger partial charge in [0.2, 0.25) is 0 Å². The van der Waals surface area contributed by atoms with E-state index in [1.165, 1.54) is 12.6 Å². The fourth-order valence-electron chi connectivity index (χ4n) is 4.08. The van der Waals surface area contributed by atoms with Crippen LogP contribution in [0.4, 0.5) is 11.4 Å². The first-order valence-electron chi connectivity index (χ1n) is 9.24. The molecule has 0 aliphatic carbocycles. The molecule has 2 fully saturated rings. The number of morpholine rings is 1. The van der Waals surface area contributed by atoms with Gasteiger partial charge < -0.3 is 9.64 Å². The molecule has 0 N–H and O–H groups in total. The number of anilines is 1. The van der Waals surface area contributed by atoms with Crippen molar-refractivity contribution in [2.45, 2.75) is 45.3 Å². The maximum Gasteiger partial charge on any atom is 0.310 e. The molecular formula is C18H28N4O3. The minimum Gasteiger partial charge on any atom is -0.373 e. The van der Waals surface area contributed by atoms with Crippen LogP contribution < -0.4 is 4.90 Å². The molecule has 0 bridgehead atoms. The summed E-state index contributed by atoms with van der Waals surface area (Å²) < 4.78 is 5.79. The van der Waals surface area contributed by atoms with E-state index in [1.54, 1.807) is 12.3 Å². The summed E-state index contributed by atoms with van der Waals surface area (Å²) >= 11 is 0. The van der Waals surface area contributed by atoms with Crippen molar-refractivity contribution in [3.63, 3.8) is 0 Å². The molecule has 2 saturated heterocycles. The molecule has 2 atom stereocenters. The summed E-state index contributed by atoms with van der Waals surface area (Å²) in [6.07, 6.45) is 7.00. The number of hydrogen-bond acceptors (Lipinski definition) is 6. The zero-order valence-electron chi connectivity index (χ0n) is 15.1. The van der Waals surface area contributed by atoms with E-state index in [0.717, 1.165) is 45.6 Å². The number of ether oxygens (including phenoxy) is 1. The third-order valence-electron chi connectivity index (χ3n) is 5.28. The van der Waals surface area contributed by atoms with E-state index in [4.69, 9.17) is 4.74 Å². The molecule has 2 aliphatic heterocycles. The smallest absolute Gasteiger partial charge is 0.310 e. The van der Waals surface area contributed by atoms with Crippen LogP contribution in [-0.2, 0) is 4.74 Å². The molecule has 0 radical (unpaired) electrons. The average Bonchev–Trinajstić information content (AvgIpc) is 2.59. The Morgan fingerprint density at radius 1 is 1.28 bits per heavy atom. The van der Waals surface area contributed by atoms with E-state index in [-0.39, 0.29) is 10.6 Å². The number of hydrogen-bond donors (Lipinski definition) is 0. The first-order valence-corrected chi connectivity index (χ1v) is 9.24. The van der Waals surface area contributed by atoms with E-state index >= 15 is 0 Å². The van der Waals surface area contributed by atoms with Crippen LogP contribution in [0.15, 0.2) is 18.5 Å². The van der Waals surface area contributed by atoms with E-state index in [2.05, 4.69) is 28.6 Å². The third kappa shape index (κ3) is 4.67. The van der Waals surface area contributed by atoms with E-state index in [9.17, 15) is 10.1 Å². The molecular weight excluding hydrogens is 320 g/mol. The van der Waals surface area contributed by atoms with Crippen molar-refractivity contribution >= 4 is 11.4 Å². The van der Waals surface area contributed by atoms with Crippen molar-refractivity contribution in [1.29, 1.82) is 0 Å². The Balaban J connectivity index is 1.48. The van der Waals surface area contributed by atoms with Gasteiger partial charge in [-0.2, -0.15) is 0 Å². The molecule has 1 aromatic heterocycles. The van der Waals surface area contributed by atoms with E-state index in [0.29, 0.717) is 23.8 Å². The van der Waals surface area contributed by atoms with Crippen molar-refractivity contribution in [3.8, 4) is 0 Å². The van der Waals surface area contributed by atoms with Crippen LogP contribution in [0.3, 0.4) is 0 Å². The molecule has 0 aromatic carbocycles. The SMILES string of the molecule is CC1CN(CCC2CCN(c3ccncc3[N+](=O)[O-])CC2)CC(C)O1. The lowest BCUT2D eigenvalue weighted by Gasteiger charge is -2.37. The Morgan fingerprint density at radius 2 is 1.96 bits per heavy atom. The molecule has 0 amide bonds. The summed E-state index contributed by atoms with van der Waals surface area (Å²) in [7, 11) is 0. The third-order valence-corrected chi connectivity index (χ3v) is 5.28. The minimum absolute atomic E-state index is 0.109. The second-order valence-electron chi connectivity index (χ2n) is 7.36. The highest BCUT2D eigenvalue weighted by molar-refractivity contribution is 5.61. The second-order valence-corrected chi connectivity index (χ2v) is 7.36. The van der Waals surface area contributed by atoms with Crippen molar-refractivity contribution in [1.82, 2.24) is 9.88 Å². The molecule has 1 aromatic rings. The van der Waals surface area contributed by atoms with Crippen molar-refractivity contribution in [2.75, 3.05) is 37.6 Å². The zero-order valence-corrected chi connectivity index (χ0v) is 15.1. The average molecular weight is 348 g/mol. The quantitative estimate of drug-likeness (QED) is 0.602. The molecule has 25 heavy (non-hydrogen) atoms. The van der Waals surface area contributed by atoms with Gasteiger partial charge >= 0.3 is 5.69 Å². The molecule has 3 heterocycles. The molecule has 2 unspecified atom stereocenters. The van der Waals surface area contributed by atoms with Gasteiger partial charge in [-0.1, -0.05) is 0 Å². The Kier molecular flexibility index (Phi) is 5.86. The van der Waals surface area contributed by atoms with Crippen LogP contribution in [0.25, 0.3) is 0 Å². The standard InChI is InChI=1S/C18H28N4O3/c1-14-12-20(13-15(2)25-14)8-4-16-5-9-21(10-6-16)17-3-7-19-11-18(17)22(23)24/h3,7,11,14-16H,4-6,8-10,12-13H2,1-2H3. The number of piperidine rings is 1. The summed E-state index contributed by atoms with van der Waals surface area (Å²) in [5.74, 6) is 0.700. The molecule has 2 aliphatic rings. The fourth-order valence-corrected chi connectivity index (χ4v) is 4.08. The van der Waals surface area contributed by atoms with Gasteiger partial charge in [0, 0.05) is 32.4 Å². The molecule has 0 saturated carbocycles. The summed E-state index contributed by atoms with van der Waals surface area (Å²) in [4.78, 5) is 19.4. The van der Waals surface area contributed by atoms with Gasteiger partial charge in [0.05, 0.1) is 17.1 Å². The number of nitrogens with zero attached hydrogens (tertiary/aromatic N) is 4. The molecule has 7 heteroatoms. The fraction of sp³-hybridized carbons (Fsp3) is 0.722. The Morgan fingerprint density at radius 3 is 2.60 bits per heavy atom. The summed E-state index contributed by atoms with van der Waals surface area (Å²) in [5.41, 5.74) is 0.812. The predicted molar refractivity (Wildman–Crippen MR) is 96.9 cm³/mol. The van der Waals surface area contributed by atoms with Gasteiger partial charge in [0.15, 0.2) is 0 Å². The Bertz CT molecular complexity index is 579.